The fraction of sp³-hybridized carbons (Fsp3) is 0.233. The summed E-state index contributed by atoms with van der Waals surface area (Å²) in [7, 11) is 0. The lowest BCUT2D eigenvalue weighted by Crippen LogP contribution is -2.43. The van der Waals surface area contributed by atoms with Gasteiger partial charge in [0, 0.05) is 22.8 Å². The van der Waals surface area contributed by atoms with Crippen LogP contribution < -0.4 is 10.6 Å². The van der Waals surface area contributed by atoms with Crippen molar-refractivity contribution in [2.24, 2.45) is 9.98 Å². The topological polar surface area (TPSA) is 103 Å². The number of thioether (sulfide) groups is 1. The van der Waals surface area contributed by atoms with E-state index in [-0.39, 0.29) is 24.1 Å². The summed E-state index contributed by atoms with van der Waals surface area (Å²) in [5.41, 5.74) is 3.12. The molecule has 2 heterocycles. The molecule has 2 aliphatic rings. The number of nitrogens with zero attached hydrogens (tertiary/aromatic N) is 3. The van der Waals surface area contributed by atoms with Gasteiger partial charge < -0.3 is 10.6 Å². The number of aliphatic imine (C=N–C) groups is 2. The summed E-state index contributed by atoms with van der Waals surface area (Å²) in [6.07, 6.45) is 1.14. The fourth-order valence-corrected chi connectivity index (χ4v) is 5.60. The predicted octanol–water partition coefficient (Wildman–Crippen LogP) is 5.20. The number of nitrogens with one attached hydrogen (secondary N) is 2. The molecule has 0 aliphatic carbocycles. The molecule has 3 aromatic carbocycles. The Balaban J connectivity index is 1.30. The molecule has 0 saturated carbocycles. The second kappa shape index (κ2) is 12.5. The number of carbonyl (C=O) groups is 3. The van der Waals surface area contributed by atoms with Crippen molar-refractivity contribution in [1.29, 1.82) is 0 Å². The van der Waals surface area contributed by atoms with Gasteiger partial charge in [-0.3, -0.25) is 19.4 Å². The van der Waals surface area contributed by atoms with E-state index in [2.05, 4.69) is 15.6 Å². The van der Waals surface area contributed by atoms with Gasteiger partial charge in [-0.25, -0.2) is 9.89 Å². The zero-order valence-corrected chi connectivity index (χ0v) is 23.4. The first-order valence-corrected chi connectivity index (χ1v) is 14.3. The van der Waals surface area contributed by atoms with Crippen molar-refractivity contribution in [3.8, 4) is 0 Å². The third-order valence-electron chi connectivity index (χ3n) is 6.53. The first kappa shape index (κ1) is 27.6. The van der Waals surface area contributed by atoms with Crippen LogP contribution in [0.25, 0.3) is 0 Å². The second-order valence-corrected chi connectivity index (χ2v) is 11.0. The lowest BCUT2D eigenvalue weighted by molar-refractivity contribution is -0.128. The van der Waals surface area contributed by atoms with Crippen LogP contribution in [-0.4, -0.2) is 51.5 Å². The van der Waals surface area contributed by atoms with Gasteiger partial charge in [0.05, 0.1) is 17.4 Å². The number of carbonyl (C=O) groups excluding carboxylic acids is 3. The molecule has 0 unspecified atom stereocenters. The first-order chi connectivity index (χ1) is 19.4. The molecule has 3 amide bonds. The lowest BCUT2D eigenvalue weighted by Gasteiger charge is -2.27. The van der Waals surface area contributed by atoms with Gasteiger partial charge in [0.15, 0.2) is 5.17 Å². The van der Waals surface area contributed by atoms with E-state index in [9.17, 15) is 14.4 Å². The van der Waals surface area contributed by atoms with Crippen molar-refractivity contribution in [3.63, 3.8) is 0 Å². The molecule has 0 aromatic heterocycles. The average Bonchev–Trinajstić information content (AvgIpc) is 3.29. The smallest absolute Gasteiger partial charge is 0.259 e. The van der Waals surface area contributed by atoms with Gasteiger partial charge in [-0.1, -0.05) is 72.8 Å². The highest BCUT2D eigenvalue weighted by atomic mass is 35.5. The zero-order chi connectivity index (χ0) is 28.1. The van der Waals surface area contributed by atoms with Crippen LogP contribution in [0.5, 0.6) is 0 Å². The van der Waals surface area contributed by atoms with E-state index in [0.29, 0.717) is 52.4 Å². The SMILES string of the molecule is CC[C@H](SC1=Nc2ccccc2C2=N[C@H](CC(=O)NCCc3ccccc3)C(=O)N12)C(=O)Nc1ccc(Cl)cc1. The van der Waals surface area contributed by atoms with E-state index in [4.69, 9.17) is 16.6 Å². The van der Waals surface area contributed by atoms with Crippen LogP contribution in [0.15, 0.2) is 88.8 Å². The predicted molar refractivity (Wildman–Crippen MR) is 160 cm³/mol. The third kappa shape index (κ3) is 6.26. The second-order valence-electron chi connectivity index (χ2n) is 9.35. The number of para-hydroxylation sites is 1. The molecule has 2 atom stereocenters. The Hall–Kier alpha value is -3.95. The summed E-state index contributed by atoms with van der Waals surface area (Å²) in [5, 5.41) is 6.23. The number of rotatable bonds is 9. The summed E-state index contributed by atoms with van der Waals surface area (Å²) in [5.74, 6) is -0.336. The summed E-state index contributed by atoms with van der Waals surface area (Å²) < 4.78 is 0. The number of anilines is 1. The Labute approximate surface area is 241 Å². The van der Waals surface area contributed by atoms with Crippen LogP contribution in [-0.2, 0) is 20.8 Å². The minimum Gasteiger partial charge on any atom is -0.356 e. The fourth-order valence-electron chi connectivity index (χ4n) is 4.46. The molecule has 0 fully saturated rings. The van der Waals surface area contributed by atoms with Crippen LogP contribution in [0.1, 0.15) is 30.9 Å². The number of amides is 3. The maximum atomic E-state index is 13.6. The summed E-state index contributed by atoms with van der Waals surface area (Å²) in [4.78, 5) is 50.3. The molecule has 8 nitrogen and oxygen atoms in total. The number of hydrogen-bond donors (Lipinski definition) is 2. The van der Waals surface area contributed by atoms with Crippen LogP contribution in [0.3, 0.4) is 0 Å². The van der Waals surface area contributed by atoms with E-state index in [1.807, 2.05) is 61.5 Å². The number of amidine groups is 2. The lowest BCUT2D eigenvalue weighted by atomic mass is 10.1. The van der Waals surface area contributed by atoms with Gasteiger partial charge in [0.1, 0.15) is 11.9 Å². The molecule has 2 aliphatic heterocycles. The molecule has 5 rings (SSSR count). The van der Waals surface area contributed by atoms with Gasteiger partial charge in [-0.2, -0.15) is 0 Å². The van der Waals surface area contributed by atoms with E-state index < -0.39 is 11.3 Å². The third-order valence-corrected chi connectivity index (χ3v) is 8.10. The first-order valence-electron chi connectivity index (χ1n) is 13.1. The highest BCUT2D eigenvalue weighted by Crippen LogP contribution is 2.36. The van der Waals surface area contributed by atoms with Gasteiger partial charge in [0.2, 0.25) is 11.8 Å². The number of fused-ring (bicyclic) bond motifs is 3. The van der Waals surface area contributed by atoms with Gasteiger partial charge in [-0.15, -0.1) is 0 Å². The monoisotopic (exact) mass is 573 g/mol. The van der Waals surface area contributed by atoms with Crippen molar-refractivity contribution in [2.75, 3.05) is 11.9 Å². The van der Waals surface area contributed by atoms with Crippen molar-refractivity contribution >= 4 is 63.5 Å². The van der Waals surface area contributed by atoms with E-state index >= 15 is 0 Å². The molecule has 3 aromatic rings. The molecule has 40 heavy (non-hydrogen) atoms. The molecular weight excluding hydrogens is 546 g/mol. The quantitative estimate of drug-likeness (QED) is 0.367. The van der Waals surface area contributed by atoms with Crippen LogP contribution in [0.2, 0.25) is 5.02 Å². The average molecular weight is 574 g/mol. The Morgan fingerprint density at radius 1 is 1.02 bits per heavy atom. The molecule has 0 radical (unpaired) electrons. The van der Waals surface area contributed by atoms with Crippen molar-refractivity contribution < 1.29 is 14.4 Å². The van der Waals surface area contributed by atoms with E-state index in [0.717, 1.165) is 5.56 Å². The molecular formula is C30H28ClN5O3S. The summed E-state index contributed by atoms with van der Waals surface area (Å²) >= 11 is 7.17. The number of benzene rings is 3. The van der Waals surface area contributed by atoms with Crippen LogP contribution >= 0.6 is 23.4 Å². The van der Waals surface area contributed by atoms with E-state index in [1.165, 1.54) is 16.7 Å². The standard InChI is InChI=1S/C30H28ClN5O3S/c1-2-25(28(38)33-21-14-12-20(31)13-15-21)40-30-35-23-11-7-6-10-22(23)27-34-24(29(39)36(27)30)18-26(37)32-17-16-19-8-4-3-5-9-19/h3-15,24-25H,2,16-18H2,1H3,(H,32,37)(H,33,38)/t24-,25+/m1/s1. The highest BCUT2D eigenvalue weighted by Gasteiger charge is 2.43. The Morgan fingerprint density at radius 2 is 1.75 bits per heavy atom. The van der Waals surface area contributed by atoms with Gasteiger partial charge >= 0.3 is 0 Å². The Kier molecular flexibility index (Phi) is 8.62. The van der Waals surface area contributed by atoms with E-state index in [1.54, 1.807) is 24.3 Å². The molecule has 10 heteroatoms. The Bertz CT molecular complexity index is 1480. The van der Waals surface area contributed by atoms with Crippen molar-refractivity contribution in [2.45, 2.75) is 37.5 Å². The summed E-state index contributed by atoms with van der Waals surface area (Å²) in [6, 6.07) is 23.3. The number of hydrogen-bond acceptors (Lipinski definition) is 6. The largest absolute Gasteiger partial charge is 0.356 e. The zero-order valence-electron chi connectivity index (χ0n) is 21.8. The molecule has 2 N–H and O–H groups in total. The van der Waals surface area contributed by atoms with Crippen molar-refractivity contribution in [1.82, 2.24) is 10.2 Å². The maximum Gasteiger partial charge on any atom is 0.259 e. The van der Waals surface area contributed by atoms with Gasteiger partial charge in [-0.05, 0) is 54.8 Å². The van der Waals surface area contributed by atoms with Crippen molar-refractivity contribution in [3.05, 3.63) is 95.0 Å². The molecule has 0 bridgehead atoms. The Morgan fingerprint density at radius 3 is 2.50 bits per heavy atom. The van der Waals surface area contributed by atoms with Gasteiger partial charge in [0.25, 0.3) is 5.91 Å². The normalized spacial score (nSPS) is 16.4. The van der Waals surface area contributed by atoms with Crippen LogP contribution in [0, 0.1) is 0 Å². The molecule has 204 valence electrons. The van der Waals surface area contributed by atoms with Crippen LogP contribution in [0.4, 0.5) is 11.4 Å². The highest BCUT2D eigenvalue weighted by molar-refractivity contribution is 8.15. The molecule has 0 saturated heterocycles. The number of halogens is 1. The maximum absolute atomic E-state index is 13.6. The molecule has 0 spiro atoms. The minimum absolute atomic E-state index is 0.0675. The summed E-state index contributed by atoms with van der Waals surface area (Å²) in [6.45, 7) is 2.37. The minimum atomic E-state index is -0.869.